The Hall–Kier alpha value is -3.73. The molecule has 4 unspecified atom stereocenters. The van der Waals surface area contributed by atoms with Crippen LogP contribution in [0.3, 0.4) is 0 Å². The van der Waals surface area contributed by atoms with E-state index in [1.807, 2.05) is 19.9 Å². The van der Waals surface area contributed by atoms with E-state index < -0.39 is 42.0 Å². The van der Waals surface area contributed by atoms with Crippen LogP contribution in [0.25, 0.3) is 0 Å². The molecule has 1 saturated heterocycles. The molecule has 37 heavy (non-hydrogen) atoms. The van der Waals surface area contributed by atoms with Crippen molar-refractivity contribution in [3.8, 4) is 0 Å². The van der Waals surface area contributed by atoms with Crippen LogP contribution in [-0.2, 0) is 32.0 Å². The number of rotatable bonds is 12. The molecule has 1 aromatic heterocycles. The molecule has 11 heteroatoms. The molecule has 3 amide bonds. The minimum atomic E-state index is -1.16. The Morgan fingerprint density at radius 1 is 1.14 bits per heavy atom. The Morgan fingerprint density at radius 3 is 2.49 bits per heavy atom. The number of nitrogens with zero attached hydrogens (tertiary/aromatic N) is 2. The molecule has 3 rings (SSSR count). The Morgan fingerprint density at radius 2 is 1.86 bits per heavy atom. The van der Waals surface area contributed by atoms with Gasteiger partial charge in [0.1, 0.15) is 18.1 Å². The van der Waals surface area contributed by atoms with Crippen molar-refractivity contribution in [2.24, 2.45) is 11.7 Å². The van der Waals surface area contributed by atoms with Crippen LogP contribution in [0.2, 0.25) is 0 Å². The number of amides is 3. The number of carboxylic acids is 1. The van der Waals surface area contributed by atoms with Crippen molar-refractivity contribution in [2.75, 3.05) is 6.54 Å². The molecule has 200 valence electrons. The SMILES string of the molecule is CC(C)CC(NC(=O)C1CCCN1C(=O)C(N)Cc1cnc[nH]1)C(=O)NC(Cc1ccccc1)C(=O)O. The van der Waals surface area contributed by atoms with Crippen LogP contribution in [0.15, 0.2) is 42.9 Å². The third-order valence-electron chi connectivity index (χ3n) is 6.39. The van der Waals surface area contributed by atoms with E-state index in [9.17, 15) is 24.3 Å². The van der Waals surface area contributed by atoms with Gasteiger partial charge in [0.05, 0.1) is 12.4 Å². The molecule has 1 fully saturated rings. The highest BCUT2D eigenvalue weighted by Gasteiger charge is 2.38. The molecular formula is C26H36N6O5. The van der Waals surface area contributed by atoms with Gasteiger partial charge in [-0.15, -0.1) is 0 Å². The number of nitrogens with one attached hydrogen (secondary N) is 3. The minimum absolute atomic E-state index is 0.0533. The summed E-state index contributed by atoms with van der Waals surface area (Å²) in [6.07, 6.45) is 4.89. The number of carbonyl (C=O) groups is 4. The number of aromatic nitrogens is 2. The van der Waals surface area contributed by atoms with E-state index in [0.29, 0.717) is 25.8 Å². The quantitative estimate of drug-likeness (QED) is 0.277. The van der Waals surface area contributed by atoms with E-state index in [1.165, 1.54) is 11.2 Å². The Labute approximate surface area is 216 Å². The monoisotopic (exact) mass is 512 g/mol. The van der Waals surface area contributed by atoms with Crippen LogP contribution in [0.1, 0.15) is 44.4 Å². The van der Waals surface area contributed by atoms with Crippen LogP contribution in [-0.4, -0.2) is 74.4 Å². The standard InChI is InChI=1S/C26H36N6O5/c1-16(2)11-20(23(33)31-21(26(36)37)12-17-7-4-3-5-8-17)30-24(34)22-9-6-10-32(22)25(35)19(27)13-18-14-28-15-29-18/h3-5,7-8,14-16,19-22H,6,9-13,27H2,1-2H3,(H,28,29)(H,30,34)(H,31,33)(H,36,37). The number of hydrogen-bond acceptors (Lipinski definition) is 6. The van der Waals surface area contributed by atoms with Gasteiger partial charge in [-0.3, -0.25) is 14.4 Å². The first-order chi connectivity index (χ1) is 17.7. The fourth-order valence-electron chi connectivity index (χ4n) is 4.53. The summed E-state index contributed by atoms with van der Waals surface area (Å²) in [4.78, 5) is 59.6. The molecular weight excluding hydrogens is 476 g/mol. The lowest BCUT2D eigenvalue weighted by Gasteiger charge is -2.29. The smallest absolute Gasteiger partial charge is 0.326 e. The molecule has 0 spiro atoms. The summed E-state index contributed by atoms with van der Waals surface area (Å²) >= 11 is 0. The summed E-state index contributed by atoms with van der Waals surface area (Å²) in [5.74, 6) is -2.47. The molecule has 0 bridgehead atoms. The number of likely N-dealkylation sites (tertiary alicyclic amines) is 1. The second-order valence-corrected chi connectivity index (χ2v) is 9.86. The molecule has 0 aliphatic carbocycles. The normalized spacial score (nSPS) is 17.7. The summed E-state index contributed by atoms with van der Waals surface area (Å²) in [7, 11) is 0. The first-order valence-electron chi connectivity index (χ1n) is 12.6. The molecule has 1 aliphatic heterocycles. The number of benzene rings is 1. The fraction of sp³-hybridized carbons (Fsp3) is 0.500. The third kappa shape index (κ3) is 7.88. The number of aromatic amines is 1. The van der Waals surface area contributed by atoms with Crippen molar-refractivity contribution >= 4 is 23.7 Å². The molecule has 1 aromatic carbocycles. The predicted molar refractivity (Wildman–Crippen MR) is 136 cm³/mol. The van der Waals surface area contributed by atoms with Gasteiger partial charge in [-0.2, -0.15) is 0 Å². The number of imidazole rings is 1. The van der Waals surface area contributed by atoms with Gasteiger partial charge >= 0.3 is 5.97 Å². The number of H-pyrrole nitrogens is 1. The molecule has 0 saturated carbocycles. The number of nitrogens with two attached hydrogens (primary N) is 1. The fourth-order valence-corrected chi connectivity index (χ4v) is 4.53. The van der Waals surface area contributed by atoms with E-state index in [-0.39, 0.29) is 24.7 Å². The van der Waals surface area contributed by atoms with E-state index in [2.05, 4.69) is 20.6 Å². The zero-order chi connectivity index (χ0) is 26.9. The predicted octanol–water partition coefficient (Wildman–Crippen LogP) is 0.614. The molecule has 1 aliphatic rings. The summed E-state index contributed by atoms with van der Waals surface area (Å²) < 4.78 is 0. The molecule has 2 heterocycles. The number of carbonyl (C=O) groups excluding carboxylic acids is 3. The Bertz CT molecular complexity index is 1060. The lowest BCUT2D eigenvalue weighted by molar-refractivity contribution is -0.143. The first kappa shape index (κ1) is 27.9. The van der Waals surface area contributed by atoms with Gasteiger partial charge in [-0.25, -0.2) is 9.78 Å². The van der Waals surface area contributed by atoms with Crippen LogP contribution >= 0.6 is 0 Å². The Kier molecular flexibility index (Phi) is 9.78. The van der Waals surface area contributed by atoms with Crippen LogP contribution in [0, 0.1) is 5.92 Å². The van der Waals surface area contributed by atoms with Crippen LogP contribution < -0.4 is 16.4 Å². The lowest BCUT2D eigenvalue weighted by Crippen LogP contribution is -2.57. The van der Waals surface area contributed by atoms with Crippen molar-refractivity contribution in [1.29, 1.82) is 0 Å². The van der Waals surface area contributed by atoms with Crippen LogP contribution in [0.4, 0.5) is 0 Å². The summed E-state index contributed by atoms with van der Waals surface area (Å²) in [6, 6.07) is 5.33. The maximum atomic E-state index is 13.2. The maximum absolute atomic E-state index is 13.2. The molecule has 6 N–H and O–H groups in total. The number of carboxylic acid groups (broad SMARTS) is 1. The van der Waals surface area contributed by atoms with Gasteiger partial charge in [0.15, 0.2) is 0 Å². The molecule has 4 atom stereocenters. The van der Waals surface area contributed by atoms with Gasteiger partial charge < -0.3 is 31.4 Å². The Balaban J connectivity index is 1.66. The van der Waals surface area contributed by atoms with Crippen molar-refractivity contribution < 1.29 is 24.3 Å². The van der Waals surface area contributed by atoms with Gasteiger partial charge in [0.2, 0.25) is 17.7 Å². The molecule has 2 aromatic rings. The highest BCUT2D eigenvalue weighted by molar-refractivity contribution is 5.94. The maximum Gasteiger partial charge on any atom is 0.326 e. The average molecular weight is 513 g/mol. The number of hydrogen-bond donors (Lipinski definition) is 5. The van der Waals surface area contributed by atoms with Crippen molar-refractivity contribution in [3.05, 3.63) is 54.1 Å². The summed E-state index contributed by atoms with van der Waals surface area (Å²) in [6.45, 7) is 4.21. The van der Waals surface area contributed by atoms with Gasteiger partial charge in [0, 0.05) is 31.3 Å². The largest absolute Gasteiger partial charge is 0.480 e. The molecule has 11 nitrogen and oxygen atoms in total. The van der Waals surface area contributed by atoms with E-state index in [1.54, 1.807) is 30.5 Å². The van der Waals surface area contributed by atoms with Crippen molar-refractivity contribution in [1.82, 2.24) is 25.5 Å². The number of aliphatic carboxylic acids is 1. The topological polar surface area (TPSA) is 171 Å². The highest BCUT2D eigenvalue weighted by Crippen LogP contribution is 2.20. The van der Waals surface area contributed by atoms with Gasteiger partial charge in [-0.05, 0) is 30.7 Å². The van der Waals surface area contributed by atoms with E-state index in [0.717, 1.165) is 11.3 Å². The minimum Gasteiger partial charge on any atom is -0.480 e. The summed E-state index contributed by atoms with van der Waals surface area (Å²) in [5, 5.41) is 15.0. The van der Waals surface area contributed by atoms with E-state index in [4.69, 9.17) is 5.73 Å². The average Bonchev–Trinajstić information content (AvgIpc) is 3.55. The highest BCUT2D eigenvalue weighted by atomic mass is 16.4. The summed E-state index contributed by atoms with van der Waals surface area (Å²) in [5.41, 5.74) is 7.61. The van der Waals surface area contributed by atoms with Crippen molar-refractivity contribution in [2.45, 2.75) is 70.1 Å². The zero-order valence-electron chi connectivity index (χ0n) is 21.2. The second-order valence-electron chi connectivity index (χ2n) is 9.86. The van der Waals surface area contributed by atoms with Gasteiger partial charge in [-0.1, -0.05) is 44.2 Å². The van der Waals surface area contributed by atoms with Crippen molar-refractivity contribution in [3.63, 3.8) is 0 Å². The lowest BCUT2D eigenvalue weighted by atomic mass is 10.0. The van der Waals surface area contributed by atoms with Gasteiger partial charge in [0.25, 0.3) is 0 Å². The van der Waals surface area contributed by atoms with E-state index >= 15 is 0 Å². The second kappa shape index (κ2) is 13.0. The molecule has 0 radical (unpaired) electrons. The van der Waals surface area contributed by atoms with Crippen LogP contribution in [0.5, 0.6) is 0 Å². The first-order valence-corrected chi connectivity index (χ1v) is 12.6. The third-order valence-corrected chi connectivity index (χ3v) is 6.39. The zero-order valence-corrected chi connectivity index (χ0v) is 21.2.